The number of urea groups is 1. The lowest BCUT2D eigenvalue weighted by atomic mass is 9.93. The third-order valence-corrected chi connectivity index (χ3v) is 7.45. The molecule has 168 valence electrons. The maximum atomic E-state index is 12.9. The fourth-order valence-electron chi connectivity index (χ4n) is 3.77. The first-order chi connectivity index (χ1) is 14.0. The summed E-state index contributed by atoms with van der Waals surface area (Å²) < 4.78 is 28.6. The molecule has 2 saturated heterocycles. The van der Waals surface area contributed by atoms with Crippen LogP contribution in [0.3, 0.4) is 0 Å². The number of carbonyl (C=O) groups is 2. The Kier molecular flexibility index (Phi) is 6.74. The minimum Gasteiger partial charge on any atom is -0.359 e. The monoisotopic (exact) mass is 440 g/mol. The predicted molar refractivity (Wildman–Crippen MR) is 113 cm³/mol. The molecule has 1 aromatic rings. The summed E-state index contributed by atoms with van der Waals surface area (Å²) >= 11 is 0. The smallest absolute Gasteiger partial charge is 0.323 e. The zero-order chi connectivity index (χ0) is 21.9. The second-order valence-corrected chi connectivity index (χ2v) is 11.5. The van der Waals surface area contributed by atoms with E-state index in [-0.39, 0.29) is 34.8 Å². The maximum absolute atomic E-state index is 12.9. The van der Waals surface area contributed by atoms with E-state index in [0.717, 1.165) is 12.8 Å². The molecule has 0 radical (unpaired) electrons. The molecule has 30 heavy (non-hydrogen) atoms. The molecule has 3 amide bonds. The molecule has 0 spiro atoms. The molecule has 0 unspecified atom stereocenters. The van der Waals surface area contributed by atoms with Crippen LogP contribution in [0, 0.1) is 5.92 Å². The van der Waals surface area contributed by atoms with Crippen LogP contribution >= 0.6 is 0 Å². The van der Waals surface area contributed by atoms with Gasteiger partial charge in [-0.1, -0.05) is 25.9 Å². The highest BCUT2D eigenvalue weighted by molar-refractivity contribution is 7.91. The minimum atomic E-state index is -3.00. The molecule has 10 heteroatoms. The third-order valence-electron chi connectivity index (χ3n) is 5.73. The van der Waals surface area contributed by atoms with Crippen LogP contribution < -0.4 is 5.32 Å². The van der Waals surface area contributed by atoms with Gasteiger partial charge in [-0.3, -0.25) is 10.1 Å². The van der Waals surface area contributed by atoms with Crippen LogP contribution in [-0.2, 0) is 20.0 Å². The van der Waals surface area contributed by atoms with Crippen molar-refractivity contribution in [3.63, 3.8) is 0 Å². The van der Waals surface area contributed by atoms with Gasteiger partial charge < -0.3 is 14.3 Å². The lowest BCUT2D eigenvalue weighted by molar-refractivity contribution is -0.136. The second-order valence-electron chi connectivity index (χ2n) is 9.20. The summed E-state index contributed by atoms with van der Waals surface area (Å²) in [5, 5.41) is 6.71. The van der Waals surface area contributed by atoms with Crippen molar-refractivity contribution < 1.29 is 22.5 Å². The molecule has 2 fully saturated rings. The van der Waals surface area contributed by atoms with Crippen LogP contribution in [0.1, 0.15) is 52.2 Å². The Hall–Kier alpha value is -2.10. The van der Waals surface area contributed by atoms with Gasteiger partial charge in [-0.15, -0.1) is 0 Å². The molecule has 0 aliphatic carbocycles. The van der Waals surface area contributed by atoms with Crippen LogP contribution in [0.4, 0.5) is 10.6 Å². The standard InChI is InChI=1S/C20H32N4O5S/c1-20(2,3)16-14-17(22-29-16)21-19(26)24-9-5-4-8-23(10-11-24)18(25)15-6-12-30(27,28)13-7-15/h14-15H,4-13H2,1-3H3,(H,21,22,26). The number of aromatic nitrogens is 1. The predicted octanol–water partition coefficient (Wildman–Crippen LogP) is 2.25. The van der Waals surface area contributed by atoms with Crippen molar-refractivity contribution in [1.29, 1.82) is 0 Å². The van der Waals surface area contributed by atoms with E-state index in [1.54, 1.807) is 15.9 Å². The summed E-state index contributed by atoms with van der Waals surface area (Å²) in [6, 6.07) is 1.47. The molecule has 0 bridgehead atoms. The van der Waals surface area contributed by atoms with Crippen molar-refractivity contribution in [2.24, 2.45) is 5.92 Å². The van der Waals surface area contributed by atoms with Gasteiger partial charge in [0.25, 0.3) is 0 Å². The molecular weight excluding hydrogens is 408 g/mol. The highest BCUT2D eigenvalue weighted by Gasteiger charge is 2.32. The summed E-state index contributed by atoms with van der Waals surface area (Å²) in [7, 11) is -3.00. The molecule has 9 nitrogen and oxygen atoms in total. The molecule has 1 aromatic heterocycles. The number of anilines is 1. The first-order valence-electron chi connectivity index (χ1n) is 10.6. The van der Waals surface area contributed by atoms with Gasteiger partial charge in [0.1, 0.15) is 15.6 Å². The van der Waals surface area contributed by atoms with Gasteiger partial charge >= 0.3 is 6.03 Å². The fraction of sp³-hybridized carbons (Fsp3) is 0.750. The van der Waals surface area contributed by atoms with Gasteiger partial charge in [0.15, 0.2) is 5.82 Å². The van der Waals surface area contributed by atoms with Crippen LogP contribution in [0.2, 0.25) is 0 Å². The van der Waals surface area contributed by atoms with Crippen LogP contribution in [0.15, 0.2) is 10.6 Å². The Morgan fingerprint density at radius 2 is 1.67 bits per heavy atom. The van der Waals surface area contributed by atoms with E-state index >= 15 is 0 Å². The highest BCUT2D eigenvalue weighted by atomic mass is 32.2. The van der Waals surface area contributed by atoms with Crippen molar-refractivity contribution in [3.05, 3.63) is 11.8 Å². The summed E-state index contributed by atoms with van der Waals surface area (Å²) in [4.78, 5) is 29.1. The first-order valence-corrected chi connectivity index (χ1v) is 12.4. The molecule has 3 heterocycles. The largest absolute Gasteiger partial charge is 0.359 e. The average Bonchev–Trinajstić information content (AvgIpc) is 3.10. The number of sulfone groups is 1. The summed E-state index contributed by atoms with van der Waals surface area (Å²) in [5.41, 5.74) is -0.199. The Balaban J connectivity index is 1.56. The Bertz CT molecular complexity index is 860. The minimum absolute atomic E-state index is 0.0125. The highest BCUT2D eigenvalue weighted by Crippen LogP contribution is 2.25. The SMILES string of the molecule is CC(C)(C)c1cc(NC(=O)N2CCCCN(C(=O)C3CCS(=O)(=O)CC3)CC2)no1. The van der Waals surface area contributed by atoms with Crippen molar-refractivity contribution in [1.82, 2.24) is 15.0 Å². The van der Waals surface area contributed by atoms with E-state index in [4.69, 9.17) is 4.52 Å². The van der Waals surface area contributed by atoms with Crippen molar-refractivity contribution in [3.8, 4) is 0 Å². The van der Waals surface area contributed by atoms with Crippen LogP contribution in [-0.4, -0.2) is 73.0 Å². The van der Waals surface area contributed by atoms with E-state index in [1.807, 2.05) is 20.8 Å². The normalized spacial score (nSPS) is 21.0. The van der Waals surface area contributed by atoms with Gasteiger partial charge in [0.2, 0.25) is 5.91 Å². The second kappa shape index (κ2) is 8.95. The number of rotatable bonds is 2. The molecule has 3 rings (SSSR count). The number of carbonyl (C=O) groups excluding carboxylic acids is 2. The molecule has 0 aromatic carbocycles. The van der Waals surface area contributed by atoms with Gasteiger partial charge in [0, 0.05) is 43.6 Å². The summed E-state index contributed by atoms with van der Waals surface area (Å²) in [6.07, 6.45) is 2.38. The van der Waals surface area contributed by atoms with Crippen molar-refractivity contribution in [2.75, 3.05) is 43.0 Å². The van der Waals surface area contributed by atoms with Crippen molar-refractivity contribution in [2.45, 2.75) is 51.9 Å². The summed E-state index contributed by atoms with van der Waals surface area (Å²) in [5.74, 6) is 1.01. The number of nitrogens with one attached hydrogen (secondary N) is 1. The maximum Gasteiger partial charge on any atom is 0.323 e. The zero-order valence-corrected chi connectivity index (χ0v) is 18.8. The Morgan fingerprint density at radius 3 is 2.27 bits per heavy atom. The fourth-order valence-corrected chi connectivity index (χ4v) is 5.26. The Labute approximate surface area is 178 Å². The topological polar surface area (TPSA) is 113 Å². The molecule has 1 N–H and O–H groups in total. The quantitative estimate of drug-likeness (QED) is 0.755. The molecule has 2 aliphatic heterocycles. The van der Waals surface area contributed by atoms with Crippen LogP contribution in [0.25, 0.3) is 0 Å². The Morgan fingerprint density at radius 1 is 1.07 bits per heavy atom. The van der Waals surface area contributed by atoms with E-state index in [1.165, 1.54) is 0 Å². The van der Waals surface area contributed by atoms with E-state index in [9.17, 15) is 18.0 Å². The lowest BCUT2D eigenvalue weighted by Crippen LogP contribution is -2.47. The number of amides is 3. The number of nitrogens with zero attached hydrogens (tertiary/aromatic N) is 3. The molecule has 2 aliphatic rings. The average molecular weight is 441 g/mol. The van der Waals surface area contributed by atoms with Crippen molar-refractivity contribution >= 4 is 27.6 Å². The van der Waals surface area contributed by atoms with E-state index in [2.05, 4.69) is 10.5 Å². The zero-order valence-electron chi connectivity index (χ0n) is 18.0. The molecule has 0 atom stereocenters. The summed E-state index contributed by atoms with van der Waals surface area (Å²) in [6.45, 7) is 8.14. The van der Waals surface area contributed by atoms with Gasteiger partial charge in [-0.05, 0) is 25.7 Å². The lowest BCUT2D eigenvalue weighted by Gasteiger charge is -2.33. The number of hydrogen-bond donors (Lipinski definition) is 1. The third kappa shape index (κ3) is 5.74. The number of hydrogen-bond acceptors (Lipinski definition) is 6. The van der Waals surface area contributed by atoms with E-state index in [0.29, 0.717) is 50.6 Å². The first kappa shape index (κ1) is 22.6. The van der Waals surface area contributed by atoms with Crippen LogP contribution in [0.5, 0.6) is 0 Å². The van der Waals surface area contributed by atoms with E-state index < -0.39 is 9.84 Å². The van der Waals surface area contributed by atoms with Gasteiger partial charge in [-0.2, -0.15) is 0 Å². The molecular formula is C20H32N4O5S. The molecule has 0 saturated carbocycles. The van der Waals surface area contributed by atoms with Gasteiger partial charge in [0.05, 0.1) is 11.5 Å². The van der Waals surface area contributed by atoms with Gasteiger partial charge in [-0.25, -0.2) is 13.2 Å².